The van der Waals surface area contributed by atoms with E-state index < -0.39 is 0 Å². The second-order valence-electron chi connectivity index (χ2n) is 25.2. The Morgan fingerprint density at radius 1 is 0.200 bits per heavy atom. The molecule has 0 saturated heterocycles. The standard InChI is InChI=1S/C88H52N6O/c1-3-19-58(20-4-1)91-77-31-15-11-27-64(77)70-45-53(35-40-81(70)91)55-37-42-83-72(47-55)66-29-13-17-33-79(66)93(83)87-52-76(57-39-44-85-74(49-57)75-50-68-62-25-9-7-23-60(62)61-24-8-10-26-63(61)69(68)51-86(75)95-85)89-88(90-87)94-80-34-18-14-30-67(80)73-48-56(38-43-84(73)94)54-36-41-82-71(46-54)65-28-12-16-32-78(65)92(82)59-21-5-2-6-22-59/h1-52H. The molecule has 0 unspecified atom stereocenters. The number of benzene rings is 15. The van der Waals surface area contributed by atoms with Gasteiger partial charge in [0.1, 0.15) is 17.0 Å². The largest absolute Gasteiger partial charge is 0.456 e. The first kappa shape index (κ1) is 51.9. The SMILES string of the molecule is c1ccc(-n2c3ccccc3c3cc(-c4ccc5c(c4)c4ccccc4n5-c4cc(-c5ccc6oc7cc8c9ccccc9c9ccccc9c8cc7c6c5)nc(-n5c6ccccc6c6cc(-c7ccc8c(c7)c7ccccc7n8-c7ccccc7)ccc65)n4)ccc32)cc1. The molecular weight excluding hydrogens is 1160 g/mol. The molecule has 7 nitrogen and oxygen atoms in total. The maximum Gasteiger partial charge on any atom is 0.237 e. The Kier molecular flexibility index (Phi) is 10.8. The number of rotatable bonds is 7. The quantitative estimate of drug-likeness (QED) is 0.149. The molecule has 0 aliphatic heterocycles. The molecule has 7 heteroatoms. The summed E-state index contributed by atoms with van der Waals surface area (Å²) >= 11 is 0. The highest BCUT2D eigenvalue weighted by atomic mass is 16.3. The van der Waals surface area contributed by atoms with Crippen molar-refractivity contribution in [2.24, 2.45) is 0 Å². The third kappa shape index (κ3) is 7.63. The first-order valence-electron chi connectivity index (χ1n) is 32.4. The number of fused-ring (bicyclic) bond motifs is 21. The van der Waals surface area contributed by atoms with E-state index in [9.17, 15) is 0 Å². The molecule has 0 bridgehead atoms. The van der Waals surface area contributed by atoms with Crippen molar-refractivity contribution in [2.45, 2.75) is 0 Å². The van der Waals surface area contributed by atoms with Crippen LogP contribution in [0.1, 0.15) is 0 Å². The summed E-state index contributed by atoms with van der Waals surface area (Å²) in [6, 6.07) is 115. The van der Waals surface area contributed by atoms with Crippen LogP contribution in [0.25, 0.3) is 198 Å². The van der Waals surface area contributed by atoms with E-state index in [4.69, 9.17) is 14.4 Å². The lowest BCUT2D eigenvalue weighted by Gasteiger charge is -2.14. The van der Waals surface area contributed by atoms with Gasteiger partial charge in [-0.05, 0) is 182 Å². The molecular formula is C88H52N6O. The van der Waals surface area contributed by atoms with Crippen LogP contribution < -0.4 is 0 Å². The predicted molar refractivity (Wildman–Crippen MR) is 395 cm³/mol. The summed E-state index contributed by atoms with van der Waals surface area (Å²) in [7, 11) is 0. The van der Waals surface area contributed by atoms with E-state index >= 15 is 0 Å². The van der Waals surface area contributed by atoms with Gasteiger partial charge in [0.05, 0.1) is 49.8 Å². The average Bonchev–Trinajstić information content (AvgIpc) is 1.72. The van der Waals surface area contributed by atoms with E-state index in [1.165, 1.54) is 75.9 Å². The van der Waals surface area contributed by atoms with Gasteiger partial charge in [-0.1, -0.05) is 182 Å². The number of para-hydroxylation sites is 6. The zero-order valence-electron chi connectivity index (χ0n) is 51.1. The molecule has 21 rings (SSSR count). The van der Waals surface area contributed by atoms with Crippen LogP contribution in [0.2, 0.25) is 0 Å². The van der Waals surface area contributed by atoms with E-state index in [-0.39, 0.29) is 0 Å². The zero-order chi connectivity index (χ0) is 62.0. The molecule has 21 aromatic rings. The number of furan rings is 1. The van der Waals surface area contributed by atoms with Gasteiger partial charge in [0.2, 0.25) is 5.95 Å². The van der Waals surface area contributed by atoms with Gasteiger partial charge in [-0.15, -0.1) is 0 Å². The third-order valence-electron chi connectivity index (χ3n) is 20.1. The van der Waals surface area contributed by atoms with E-state index in [1.807, 2.05) is 0 Å². The molecule has 0 amide bonds. The first-order valence-corrected chi connectivity index (χ1v) is 32.4. The molecule has 0 saturated carbocycles. The van der Waals surface area contributed by atoms with Crippen LogP contribution in [-0.4, -0.2) is 28.2 Å². The van der Waals surface area contributed by atoms with Gasteiger partial charge in [-0.25, -0.2) is 4.98 Å². The lowest BCUT2D eigenvalue weighted by molar-refractivity contribution is 0.669. The molecule has 0 radical (unpaired) electrons. The van der Waals surface area contributed by atoms with Crippen molar-refractivity contribution in [1.29, 1.82) is 0 Å². The molecule has 6 heterocycles. The minimum atomic E-state index is 0.568. The monoisotopic (exact) mass is 1210 g/mol. The van der Waals surface area contributed by atoms with Gasteiger partial charge in [0, 0.05) is 76.9 Å². The van der Waals surface area contributed by atoms with E-state index in [2.05, 4.69) is 334 Å². The molecule has 0 atom stereocenters. The Morgan fingerprint density at radius 3 is 1.01 bits per heavy atom. The Labute approximate surface area is 543 Å². The fraction of sp³-hybridized carbons (Fsp3) is 0. The summed E-state index contributed by atoms with van der Waals surface area (Å²) in [5.74, 6) is 1.32. The second kappa shape index (κ2) is 19.8. The topological polar surface area (TPSA) is 58.6 Å². The lowest BCUT2D eigenvalue weighted by Crippen LogP contribution is -2.07. The zero-order valence-corrected chi connectivity index (χ0v) is 51.1. The summed E-state index contributed by atoms with van der Waals surface area (Å²) in [6.45, 7) is 0. The number of hydrogen-bond donors (Lipinski definition) is 0. The summed E-state index contributed by atoms with van der Waals surface area (Å²) in [6.07, 6.45) is 0. The lowest BCUT2D eigenvalue weighted by atomic mass is 9.93. The van der Waals surface area contributed by atoms with Crippen LogP contribution in [0.5, 0.6) is 0 Å². The molecule has 0 spiro atoms. The molecule has 6 aromatic heterocycles. The van der Waals surface area contributed by atoms with Crippen molar-refractivity contribution < 1.29 is 4.42 Å². The normalized spacial score (nSPS) is 12.2. The van der Waals surface area contributed by atoms with Crippen LogP contribution in [-0.2, 0) is 0 Å². The van der Waals surface area contributed by atoms with Crippen LogP contribution in [0.15, 0.2) is 320 Å². The summed E-state index contributed by atoms with van der Waals surface area (Å²) < 4.78 is 16.2. The highest BCUT2D eigenvalue weighted by Crippen LogP contribution is 2.45. The molecule has 0 aliphatic carbocycles. The number of hydrogen-bond acceptors (Lipinski definition) is 3. The fourth-order valence-electron chi connectivity index (χ4n) is 15.9. The van der Waals surface area contributed by atoms with Gasteiger partial charge in [0.15, 0.2) is 0 Å². The third-order valence-corrected chi connectivity index (χ3v) is 20.1. The molecule has 95 heavy (non-hydrogen) atoms. The molecule has 0 N–H and O–H groups in total. The summed E-state index contributed by atoms with van der Waals surface area (Å²) in [5, 5.41) is 18.7. The molecule has 0 aliphatic rings. The Hall–Kier alpha value is -12.8. The second-order valence-corrected chi connectivity index (χ2v) is 25.2. The smallest absolute Gasteiger partial charge is 0.237 e. The molecule has 0 fully saturated rings. The average molecular weight is 1210 g/mol. The van der Waals surface area contributed by atoms with Crippen molar-refractivity contribution in [3.63, 3.8) is 0 Å². The van der Waals surface area contributed by atoms with E-state index in [0.717, 1.165) is 116 Å². The number of aromatic nitrogens is 6. The summed E-state index contributed by atoms with van der Waals surface area (Å²) in [5.41, 5.74) is 19.1. The van der Waals surface area contributed by atoms with Gasteiger partial charge in [0.25, 0.3) is 0 Å². The molecule has 440 valence electrons. The van der Waals surface area contributed by atoms with Crippen LogP contribution in [0.3, 0.4) is 0 Å². The maximum absolute atomic E-state index is 6.83. The van der Waals surface area contributed by atoms with Crippen molar-refractivity contribution in [1.82, 2.24) is 28.2 Å². The minimum absolute atomic E-state index is 0.568. The van der Waals surface area contributed by atoms with E-state index in [0.29, 0.717) is 5.95 Å². The van der Waals surface area contributed by atoms with Crippen molar-refractivity contribution in [2.75, 3.05) is 0 Å². The Bertz CT molecular complexity index is 6550. The van der Waals surface area contributed by atoms with Gasteiger partial charge in [-0.3, -0.25) is 9.13 Å². The number of nitrogens with zero attached hydrogens (tertiary/aromatic N) is 6. The van der Waals surface area contributed by atoms with Crippen molar-refractivity contribution >= 4 is 141 Å². The fourth-order valence-corrected chi connectivity index (χ4v) is 15.9. The molecule has 15 aromatic carbocycles. The highest BCUT2D eigenvalue weighted by molar-refractivity contribution is 6.28. The van der Waals surface area contributed by atoms with Crippen LogP contribution in [0.4, 0.5) is 0 Å². The van der Waals surface area contributed by atoms with Gasteiger partial charge >= 0.3 is 0 Å². The summed E-state index contributed by atoms with van der Waals surface area (Å²) in [4.78, 5) is 11.5. The Morgan fingerprint density at radius 2 is 0.537 bits per heavy atom. The first-order chi connectivity index (χ1) is 47.1. The van der Waals surface area contributed by atoms with Crippen LogP contribution >= 0.6 is 0 Å². The van der Waals surface area contributed by atoms with Crippen molar-refractivity contribution in [3.05, 3.63) is 315 Å². The maximum atomic E-state index is 6.83. The van der Waals surface area contributed by atoms with Gasteiger partial charge < -0.3 is 13.6 Å². The minimum Gasteiger partial charge on any atom is -0.456 e. The predicted octanol–water partition coefficient (Wildman–Crippen LogP) is 23.2. The Balaban J connectivity index is 0.769. The highest BCUT2D eigenvalue weighted by Gasteiger charge is 2.24. The van der Waals surface area contributed by atoms with Gasteiger partial charge in [-0.2, -0.15) is 4.98 Å². The van der Waals surface area contributed by atoms with Crippen LogP contribution in [0, 0.1) is 0 Å². The van der Waals surface area contributed by atoms with Crippen molar-refractivity contribution in [3.8, 4) is 56.7 Å². The van der Waals surface area contributed by atoms with E-state index in [1.54, 1.807) is 0 Å².